The van der Waals surface area contributed by atoms with Gasteiger partial charge in [0.1, 0.15) is 18.0 Å². The quantitative estimate of drug-likeness (QED) is 0.722. The molecule has 1 N–H and O–H groups in total. The molecule has 3 aromatic carbocycles. The summed E-state index contributed by atoms with van der Waals surface area (Å²) in [5, 5.41) is 18.0. The van der Waals surface area contributed by atoms with E-state index in [4.69, 9.17) is 11.6 Å². The number of aliphatic hydroxyl groups is 1. The third-order valence-electron chi connectivity index (χ3n) is 4.44. The molecule has 1 aliphatic rings. The Balaban J connectivity index is 1.84. The second-order valence-electron chi connectivity index (χ2n) is 6.08. The van der Waals surface area contributed by atoms with Gasteiger partial charge in [0, 0.05) is 10.6 Å². The van der Waals surface area contributed by atoms with Crippen LogP contribution in [0.3, 0.4) is 0 Å². The van der Waals surface area contributed by atoms with Gasteiger partial charge in [0.15, 0.2) is 0 Å². The van der Waals surface area contributed by atoms with Crippen molar-refractivity contribution in [1.29, 1.82) is 0 Å². The van der Waals surface area contributed by atoms with Crippen LogP contribution in [0.2, 0.25) is 5.02 Å². The molecule has 0 saturated heterocycles. The standard InChI is InChI=1S/C21H16ClFN2O/c22-18-9-5-4-8-17(18)20-21(26)19(14-6-2-1-3-7-14)24-25(20)16-12-10-15(23)11-13-16/h1-13,20-21,26H. The van der Waals surface area contributed by atoms with Gasteiger partial charge in [0.25, 0.3) is 0 Å². The second-order valence-corrected chi connectivity index (χ2v) is 6.49. The lowest BCUT2D eigenvalue weighted by atomic mass is 9.95. The summed E-state index contributed by atoms with van der Waals surface area (Å²) in [5.41, 5.74) is 2.84. The van der Waals surface area contributed by atoms with Crippen LogP contribution in [0.4, 0.5) is 10.1 Å². The number of halogens is 2. The number of aliphatic hydroxyl groups excluding tert-OH is 1. The maximum Gasteiger partial charge on any atom is 0.125 e. The van der Waals surface area contributed by atoms with Crippen LogP contribution in [0.5, 0.6) is 0 Å². The van der Waals surface area contributed by atoms with Gasteiger partial charge >= 0.3 is 0 Å². The van der Waals surface area contributed by atoms with Gasteiger partial charge in [-0.1, -0.05) is 60.1 Å². The molecule has 26 heavy (non-hydrogen) atoms. The van der Waals surface area contributed by atoms with E-state index in [0.29, 0.717) is 16.4 Å². The van der Waals surface area contributed by atoms with E-state index in [1.165, 1.54) is 12.1 Å². The molecule has 0 spiro atoms. The molecule has 0 aliphatic carbocycles. The lowest BCUT2D eigenvalue weighted by Crippen LogP contribution is -2.30. The highest BCUT2D eigenvalue weighted by Gasteiger charge is 2.39. The van der Waals surface area contributed by atoms with E-state index in [9.17, 15) is 9.50 Å². The fourth-order valence-corrected chi connectivity index (χ4v) is 3.43. The first-order valence-electron chi connectivity index (χ1n) is 8.26. The molecular weight excluding hydrogens is 351 g/mol. The Hall–Kier alpha value is -2.69. The van der Waals surface area contributed by atoms with Crippen LogP contribution in [0, 0.1) is 5.82 Å². The van der Waals surface area contributed by atoms with Crippen molar-refractivity contribution in [2.45, 2.75) is 12.1 Å². The van der Waals surface area contributed by atoms with Crippen LogP contribution in [0.15, 0.2) is 84.0 Å². The van der Waals surface area contributed by atoms with E-state index in [1.807, 2.05) is 48.5 Å². The molecule has 0 fully saturated rings. The summed E-state index contributed by atoms with van der Waals surface area (Å²) in [6.07, 6.45) is -0.873. The molecule has 0 amide bonds. The number of nitrogens with zero attached hydrogens (tertiary/aromatic N) is 2. The first-order valence-corrected chi connectivity index (χ1v) is 8.64. The Morgan fingerprint density at radius 2 is 1.54 bits per heavy atom. The monoisotopic (exact) mass is 366 g/mol. The molecule has 3 aromatic rings. The van der Waals surface area contributed by atoms with Gasteiger partial charge in [-0.25, -0.2) is 4.39 Å². The average Bonchev–Trinajstić information content (AvgIpc) is 3.01. The van der Waals surface area contributed by atoms with Crippen LogP contribution in [0.1, 0.15) is 17.2 Å². The third-order valence-corrected chi connectivity index (χ3v) is 4.79. The van der Waals surface area contributed by atoms with Crippen molar-refractivity contribution < 1.29 is 9.50 Å². The second kappa shape index (κ2) is 6.90. The van der Waals surface area contributed by atoms with Gasteiger partial charge in [-0.05, 0) is 35.9 Å². The lowest BCUT2D eigenvalue weighted by Gasteiger charge is -2.26. The minimum absolute atomic E-state index is 0.324. The SMILES string of the molecule is OC1C(c2ccccc2)=NN(c2ccc(F)cc2)C1c1ccccc1Cl. The van der Waals surface area contributed by atoms with E-state index in [1.54, 1.807) is 23.2 Å². The molecule has 5 heteroatoms. The van der Waals surface area contributed by atoms with E-state index in [0.717, 1.165) is 11.1 Å². The molecule has 0 radical (unpaired) electrons. The van der Waals surface area contributed by atoms with Crippen molar-refractivity contribution in [2.24, 2.45) is 5.10 Å². The number of hydrogen-bond donors (Lipinski definition) is 1. The molecule has 0 aromatic heterocycles. The molecule has 1 heterocycles. The number of rotatable bonds is 3. The van der Waals surface area contributed by atoms with Crippen molar-refractivity contribution in [3.05, 3.63) is 101 Å². The maximum atomic E-state index is 13.4. The van der Waals surface area contributed by atoms with Crippen molar-refractivity contribution in [2.75, 3.05) is 5.01 Å². The van der Waals surface area contributed by atoms with Crippen LogP contribution >= 0.6 is 11.6 Å². The topological polar surface area (TPSA) is 35.8 Å². The number of benzene rings is 3. The zero-order valence-electron chi connectivity index (χ0n) is 13.8. The Morgan fingerprint density at radius 1 is 0.885 bits per heavy atom. The van der Waals surface area contributed by atoms with Gasteiger partial charge in [0.2, 0.25) is 0 Å². The van der Waals surface area contributed by atoms with Crippen LogP contribution < -0.4 is 5.01 Å². The van der Waals surface area contributed by atoms with Gasteiger partial charge < -0.3 is 5.11 Å². The maximum absolute atomic E-state index is 13.4. The van der Waals surface area contributed by atoms with Gasteiger partial charge in [0.05, 0.1) is 11.4 Å². The fourth-order valence-electron chi connectivity index (χ4n) is 3.19. The molecule has 4 rings (SSSR count). The van der Waals surface area contributed by atoms with Crippen molar-refractivity contribution in [3.63, 3.8) is 0 Å². The summed E-state index contributed by atoms with van der Waals surface area (Å²) in [5.74, 6) is -0.324. The highest BCUT2D eigenvalue weighted by molar-refractivity contribution is 6.31. The van der Waals surface area contributed by atoms with E-state index >= 15 is 0 Å². The third kappa shape index (κ3) is 2.98. The molecule has 0 bridgehead atoms. The van der Waals surface area contributed by atoms with Crippen molar-refractivity contribution >= 4 is 23.0 Å². The van der Waals surface area contributed by atoms with E-state index in [2.05, 4.69) is 5.10 Å². The van der Waals surface area contributed by atoms with Gasteiger partial charge in [-0.3, -0.25) is 5.01 Å². The first kappa shape index (κ1) is 16.8. The molecular formula is C21H16ClFN2O. The highest BCUT2D eigenvalue weighted by atomic mass is 35.5. The van der Waals surface area contributed by atoms with Crippen LogP contribution in [0.25, 0.3) is 0 Å². The normalized spacial score (nSPS) is 19.5. The van der Waals surface area contributed by atoms with E-state index in [-0.39, 0.29) is 5.82 Å². The Kier molecular flexibility index (Phi) is 4.45. The largest absolute Gasteiger partial charge is 0.384 e. The molecule has 0 saturated carbocycles. The zero-order valence-corrected chi connectivity index (χ0v) is 14.5. The summed E-state index contributed by atoms with van der Waals surface area (Å²) in [4.78, 5) is 0. The van der Waals surface area contributed by atoms with Gasteiger partial charge in [-0.15, -0.1) is 0 Å². The molecule has 1 aliphatic heterocycles. The lowest BCUT2D eigenvalue weighted by molar-refractivity contribution is 0.217. The number of hydrazone groups is 1. The zero-order chi connectivity index (χ0) is 18.1. The average molecular weight is 367 g/mol. The van der Waals surface area contributed by atoms with Crippen molar-refractivity contribution in [1.82, 2.24) is 0 Å². The predicted molar refractivity (Wildman–Crippen MR) is 102 cm³/mol. The fraction of sp³-hybridized carbons (Fsp3) is 0.0952. The Labute approximate surface area is 156 Å². The summed E-state index contributed by atoms with van der Waals surface area (Å²) < 4.78 is 13.4. The molecule has 3 nitrogen and oxygen atoms in total. The summed E-state index contributed by atoms with van der Waals surface area (Å²) >= 11 is 6.39. The molecule has 130 valence electrons. The minimum atomic E-state index is -0.873. The van der Waals surface area contributed by atoms with Gasteiger partial charge in [-0.2, -0.15) is 5.10 Å². The summed E-state index contributed by atoms with van der Waals surface area (Å²) in [7, 11) is 0. The molecule has 2 unspecified atom stereocenters. The summed E-state index contributed by atoms with van der Waals surface area (Å²) in [6, 6.07) is 22.4. The Bertz CT molecular complexity index is 944. The highest BCUT2D eigenvalue weighted by Crippen LogP contribution is 2.39. The molecule has 2 atom stereocenters. The van der Waals surface area contributed by atoms with Crippen LogP contribution in [-0.2, 0) is 0 Å². The summed E-state index contributed by atoms with van der Waals surface area (Å²) in [6.45, 7) is 0. The minimum Gasteiger partial charge on any atom is -0.384 e. The van der Waals surface area contributed by atoms with E-state index < -0.39 is 12.1 Å². The first-order chi connectivity index (χ1) is 12.6. The van der Waals surface area contributed by atoms with Crippen LogP contribution in [-0.4, -0.2) is 16.9 Å². The smallest absolute Gasteiger partial charge is 0.125 e. The number of hydrogen-bond acceptors (Lipinski definition) is 3. The number of anilines is 1. The predicted octanol–water partition coefficient (Wildman–Crippen LogP) is 4.81. The van der Waals surface area contributed by atoms with Crippen molar-refractivity contribution in [3.8, 4) is 0 Å². The Morgan fingerprint density at radius 3 is 2.23 bits per heavy atom.